The van der Waals surface area contributed by atoms with Crippen molar-refractivity contribution in [1.29, 1.82) is 0 Å². The number of ether oxygens (including phenoxy) is 1. The molecule has 2 N–H and O–H groups in total. The molecule has 5 rings (SSSR count). The Morgan fingerprint density at radius 1 is 1.11 bits per heavy atom. The third-order valence-electron chi connectivity index (χ3n) is 6.97. The molecule has 0 radical (unpaired) electrons. The predicted molar refractivity (Wildman–Crippen MR) is 172 cm³/mol. The highest BCUT2D eigenvalue weighted by Gasteiger charge is 2.30. The van der Waals surface area contributed by atoms with Gasteiger partial charge in [0.2, 0.25) is 23.6 Å². The third kappa shape index (κ3) is 7.66. The number of nitrogens with zero attached hydrogens (tertiary/aromatic N) is 8. The Balaban J connectivity index is 1.64. The first-order valence-corrected chi connectivity index (χ1v) is 14.4. The summed E-state index contributed by atoms with van der Waals surface area (Å²) in [4.78, 5) is 29.6. The number of pyridine rings is 1. The van der Waals surface area contributed by atoms with E-state index in [9.17, 15) is 18.0 Å². The summed E-state index contributed by atoms with van der Waals surface area (Å²) in [6.45, 7) is 4.59. The number of hydrogen-bond acceptors (Lipinski definition) is 11. The number of fused-ring (bicyclic) bond motifs is 1. The number of amides is 1. The number of likely N-dealkylation sites (N-methyl/N-ethyl adjacent to an activating group) is 2. The van der Waals surface area contributed by atoms with E-state index in [0.717, 1.165) is 22.5 Å². The highest BCUT2D eigenvalue weighted by atomic mass is 19.4. The van der Waals surface area contributed by atoms with Gasteiger partial charge in [0.05, 0.1) is 16.9 Å². The number of aromatic nitrogens is 6. The molecule has 4 heterocycles. The number of halogens is 3. The largest absolute Gasteiger partial charge is 0.466 e. The summed E-state index contributed by atoms with van der Waals surface area (Å²) < 4.78 is 52.8. The van der Waals surface area contributed by atoms with Gasteiger partial charge in [0, 0.05) is 63.0 Å². The number of carbonyl (C=O) groups is 1. The molecule has 4 aromatic heterocycles. The Bertz CT molecular complexity index is 1920. The number of para-hydroxylation sites is 1. The van der Waals surface area contributed by atoms with Gasteiger partial charge in [0.25, 0.3) is 5.89 Å². The number of alkyl halides is 3. The fourth-order valence-electron chi connectivity index (χ4n) is 4.72. The van der Waals surface area contributed by atoms with Gasteiger partial charge in [-0.3, -0.25) is 4.79 Å². The Morgan fingerprint density at radius 3 is 2.55 bits per heavy atom. The molecule has 0 aliphatic carbocycles. The highest BCUT2D eigenvalue weighted by molar-refractivity contribution is 6.01. The van der Waals surface area contributed by atoms with Crippen molar-refractivity contribution in [3.63, 3.8) is 0 Å². The van der Waals surface area contributed by atoms with Crippen molar-refractivity contribution >= 4 is 40.0 Å². The number of aryl methyl sites for hydroxylation is 2. The lowest BCUT2D eigenvalue weighted by Crippen LogP contribution is -2.30. The van der Waals surface area contributed by atoms with Crippen LogP contribution in [0.5, 0.6) is 5.88 Å². The monoisotopic (exact) mass is 650 g/mol. The minimum Gasteiger partial charge on any atom is -0.466 e. The number of hydrogen-bond donors (Lipinski definition) is 2. The molecule has 0 saturated heterocycles. The zero-order valence-electron chi connectivity index (χ0n) is 26.4. The van der Waals surface area contributed by atoms with Crippen molar-refractivity contribution in [2.24, 2.45) is 7.05 Å². The number of anilines is 4. The van der Waals surface area contributed by atoms with E-state index in [2.05, 4.69) is 37.4 Å². The van der Waals surface area contributed by atoms with E-state index in [0.29, 0.717) is 30.2 Å². The Morgan fingerprint density at radius 2 is 1.87 bits per heavy atom. The summed E-state index contributed by atoms with van der Waals surface area (Å²) in [7, 11) is 7.36. The second-order valence-electron chi connectivity index (χ2n) is 10.9. The van der Waals surface area contributed by atoms with Gasteiger partial charge >= 0.3 is 6.18 Å². The average Bonchev–Trinajstić information content (AvgIpc) is 3.61. The third-order valence-corrected chi connectivity index (χ3v) is 6.97. The van der Waals surface area contributed by atoms with Gasteiger partial charge in [0.15, 0.2) is 12.4 Å². The van der Waals surface area contributed by atoms with Crippen LogP contribution in [0.25, 0.3) is 33.6 Å². The second kappa shape index (κ2) is 13.5. The predicted octanol–water partition coefficient (Wildman–Crippen LogP) is 5.20. The van der Waals surface area contributed by atoms with Gasteiger partial charge in [-0.15, -0.1) is 10.2 Å². The van der Waals surface area contributed by atoms with E-state index in [1.54, 1.807) is 18.9 Å². The van der Waals surface area contributed by atoms with E-state index < -0.39 is 18.7 Å². The summed E-state index contributed by atoms with van der Waals surface area (Å²) in [5.74, 6) is -0.207. The molecule has 13 nitrogen and oxygen atoms in total. The van der Waals surface area contributed by atoms with Crippen LogP contribution >= 0.6 is 0 Å². The topological polar surface area (TPSA) is 139 Å². The van der Waals surface area contributed by atoms with E-state index in [1.165, 1.54) is 12.3 Å². The van der Waals surface area contributed by atoms with Crippen LogP contribution in [-0.2, 0) is 11.8 Å². The summed E-state index contributed by atoms with van der Waals surface area (Å²) in [5.41, 5.74) is 2.70. The molecule has 0 bridgehead atoms. The van der Waals surface area contributed by atoms with Gasteiger partial charge in [0.1, 0.15) is 5.69 Å². The summed E-state index contributed by atoms with van der Waals surface area (Å²) in [6, 6.07) is 9.13. The highest BCUT2D eigenvalue weighted by Crippen LogP contribution is 2.38. The molecular formula is C31H33F3N10O3. The molecule has 0 aliphatic heterocycles. The Hall–Kier alpha value is -5.51. The molecular weight excluding hydrogens is 617 g/mol. The van der Waals surface area contributed by atoms with Crippen LogP contribution in [0.1, 0.15) is 5.89 Å². The Kier molecular flexibility index (Phi) is 9.41. The zero-order chi connectivity index (χ0) is 33.9. The molecule has 1 amide bonds. The van der Waals surface area contributed by atoms with E-state index >= 15 is 0 Å². The minimum atomic E-state index is -4.65. The molecule has 0 aliphatic rings. The van der Waals surface area contributed by atoms with E-state index in [1.807, 2.05) is 61.1 Å². The van der Waals surface area contributed by atoms with Crippen LogP contribution in [0.3, 0.4) is 0 Å². The van der Waals surface area contributed by atoms with Crippen molar-refractivity contribution < 1.29 is 27.1 Å². The van der Waals surface area contributed by atoms with Crippen LogP contribution in [0, 0.1) is 6.92 Å². The van der Waals surface area contributed by atoms with Gasteiger partial charge in [-0.25, -0.2) is 9.97 Å². The maximum atomic E-state index is 13.3. The number of nitrogens with one attached hydrogen (secondary N) is 2. The fourth-order valence-corrected chi connectivity index (χ4v) is 4.72. The first-order chi connectivity index (χ1) is 22.3. The van der Waals surface area contributed by atoms with Crippen LogP contribution in [-0.4, -0.2) is 87.5 Å². The maximum Gasteiger partial charge on any atom is 0.422 e. The molecule has 47 heavy (non-hydrogen) atoms. The van der Waals surface area contributed by atoms with E-state index in [-0.39, 0.29) is 34.9 Å². The first-order valence-electron chi connectivity index (χ1n) is 14.4. The molecule has 0 fully saturated rings. The molecule has 0 atom stereocenters. The molecule has 0 unspecified atom stereocenters. The van der Waals surface area contributed by atoms with Crippen molar-refractivity contribution in [2.75, 3.05) is 56.4 Å². The molecule has 5 aromatic rings. The van der Waals surface area contributed by atoms with Crippen LogP contribution in [0.2, 0.25) is 0 Å². The molecule has 0 saturated carbocycles. The van der Waals surface area contributed by atoms with Crippen LogP contribution in [0.15, 0.2) is 59.8 Å². The number of benzene rings is 1. The molecule has 0 spiro atoms. The van der Waals surface area contributed by atoms with Gasteiger partial charge in [-0.05, 0) is 32.3 Å². The zero-order valence-corrected chi connectivity index (χ0v) is 26.4. The van der Waals surface area contributed by atoms with Crippen molar-refractivity contribution in [1.82, 2.24) is 34.6 Å². The molecule has 16 heteroatoms. The van der Waals surface area contributed by atoms with Crippen molar-refractivity contribution in [3.8, 4) is 28.6 Å². The SMILES string of the molecule is C=CC(=O)Nc1cc(Nc2ncc(-c3nnc(C)o3)c(-c3cn(C)c4ccccc34)n2)c(OCC(F)(F)F)nc1N(C)CCN(C)C. The van der Waals surface area contributed by atoms with Crippen LogP contribution in [0.4, 0.5) is 36.3 Å². The normalized spacial score (nSPS) is 11.6. The maximum absolute atomic E-state index is 13.3. The van der Waals surface area contributed by atoms with Gasteiger partial charge in [-0.2, -0.15) is 18.2 Å². The smallest absolute Gasteiger partial charge is 0.422 e. The van der Waals surface area contributed by atoms with Crippen molar-refractivity contribution in [2.45, 2.75) is 13.1 Å². The second-order valence-corrected chi connectivity index (χ2v) is 10.9. The molecule has 246 valence electrons. The Labute approximate surface area is 268 Å². The fraction of sp³-hybridized carbons (Fsp3) is 0.290. The van der Waals surface area contributed by atoms with E-state index in [4.69, 9.17) is 14.1 Å². The lowest BCUT2D eigenvalue weighted by molar-refractivity contribution is -0.153. The lowest BCUT2D eigenvalue weighted by atomic mass is 10.1. The standard InChI is InChI=1S/C31H33F3N10O3/c1-7-25(45)36-22-14-23(29(46-17-31(32,33)34)39-27(22)43(5)13-12-42(3)4)37-30-35-15-20(28-41-40-18(2)47-28)26(38-30)21-16-44(6)24-11-9-8-10-19(21)24/h7-11,14-16H,1,12-13,17H2,2-6H3,(H,36,45)(H,35,37,38). The van der Waals surface area contributed by atoms with Crippen molar-refractivity contribution in [3.05, 3.63) is 61.3 Å². The van der Waals surface area contributed by atoms with Crippen LogP contribution < -0.4 is 20.3 Å². The minimum absolute atomic E-state index is 0.00119. The van der Waals surface area contributed by atoms with Gasteiger partial charge in [-0.1, -0.05) is 24.8 Å². The number of rotatable bonds is 12. The summed E-state index contributed by atoms with van der Waals surface area (Å²) in [6.07, 6.45) is -0.201. The van der Waals surface area contributed by atoms with Gasteiger partial charge < -0.3 is 34.2 Å². The number of carbonyl (C=O) groups excluding carboxylic acids is 1. The quantitative estimate of drug-likeness (QED) is 0.172. The average molecular weight is 651 g/mol. The molecule has 1 aromatic carbocycles. The first kappa shape index (κ1) is 32.9. The summed E-state index contributed by atoms with van der Waals surface area (Å²) in [5, 5.41) is 14.6. The lowest BCUT2D eigenvalue weighted by Gasteiger charge is -2.25. The summed E-state index contributed by atoms with van der Waals surface area (Å²) >= 11 is 0.